The molecule has 1 aliphatic rings. The third kappa shape index (κ3) is 4.68. The van der Waals surface area contributed by atoms with Crippen LogP contribution in [0, 0.1) is 13.8 Å². The summed E-state index contributed by atoms with van der Waals surface area (Å²) in [5, 5.41) is 4.43. The van der Waals surface area contributed by atoms with E-state index in [9.17, 15) is 4.79 Å². The van der Waals surface area contributed by atoms with Gasteiger partial charge < -0.3 is 9.30 Å². The number of carbonyl (C=O) groups excluding carboxylic acids is 1. The predicted octanol–water partition coefficient (Wildman–Crippen LogP) is 3.41. The standard InChI is InChI=1S/C26H30N6O/c1-20-10-11-31-24(21(2)28-25(31)16-20)19-29-12-14-30(15-13-29)26(33)9-8-22-17-27-32(18-22)23-6-4-3-5-7-23/h3-7,10-11,16-18H,8-9,12-15,19H2,1-2H3. The lowest BCUT2D eigenvalue weighted by atomic mass is 10.1. The van der Waals surface area contributed by atoms with Crippen LogP contribution in [0.4, 0.5) is 0 Å². The molecule has 0 radical (unpaired) electrons. The number of carbonyl (C=O) groups is 1. The third-order valence-electron chi connectivity index (χ3n) is 6.46. The molecule has 5 rings (SSSR count). The number of benzene rings is 1. The van der Waals surface area contributed by atoms with Crippen LogP contribution in [0.2, 0.25) is 0 Å². The molecule has 0 aliphatic carbocycles. The zero-order chi connectivity index (χ0) is 22.8. The number of para-hydroxylation sites is 1. The second-order valence-electron chi connectivity index (χ2n) is 8.86. The number of pyridine rings is 1. The molecule has 1 aliphatic heterocycles. The molecule has 0 bridgehead atoms. The first-order chi connectivity index (χ1) is 16.1. The Morgan fingerprint density at radius 3 is 2.61 bits per heavy atom. The molecule has 1 amide bonds. The molecule has 4 heterocycles. The van der Waals surface area contributed by atoms with Gasteiger partial charge in [0.05, 0.1) is 23.3 Å². The van der Waals surface area contributed by atoms with Crippen LogP contribution < -0.4 is 0 Å². The molecule has 7 nitrogen and oxygen atoms in total. The van der Waals surface area contributed by atoms with Gasteiger partial charge in [-0.25, -0.2) is 9.67 Å². The van der Waals surface area contributed by atoms with E-state index >= 15 is 0 Å². The number of hydrogen-bond donors (Lipinski definition) is 0. The van der Waals surface area contributed by atoms with Gasteiger partial charge in [-0.05, 0) is 55.7 Å². The predicted molar refractivity (Wildman–Crippen MR) is 128 cm³/mol. The lowest BCUT2D eigenvalue weighted by molar-refractivity contribution is -0.133. The summed E-state index contributed by atoms with van der Waals surface area (Å²) in [6.07, 6.45) is 7.22. The fraction of sp³-hybridized carbons (Fsp3) is 0.346. The molecule has 1 aromatic carbocycles. The zero-order valence-electron chi connectivity index (χ0n) is 19.3. The number of amides is 1. The molecule has 0 unspecified atom stereocenters. The maximum absolute atomic E-state index is 12.8. The van der Waals surface area contributed by atoms with Gasteiger partial charge >= 0.3 is 0 Å². The highest BCUT2D eigenvalue weighted by atomic mass is 16.2. The lowest BCUT2D eigenvalue weighted by Gasteiger charge is -2.34. The number of aryl methyl sites for hydroxylation is 3. The molecule has 170 valence electrons. The zero-order valence-corrected chi connectivity index (χ0v) is 19.3. The minimum Gasteiger partial charge on any atom is -0.340 e. The Kier molecular flexibility index (Phi) is 5.96. The topological polar surface area (TPSA) is 58.7 Å². The fourth-order valence-electron chi connectivity index (χ4n) is 4.49. The Morgan fingerprint density at radius 1 is 1.03 bits per heavy atom. The van der Waals surface area contributed by atoms with Crippen molar-refractivity contribution in [3.8, 4) is 5.69 Å². The van der Waals surface area contributed by atoms with E-state index in [1.165, 1.54) is 11.3 Å². The molecule has 0 N–H and O–H groups in total. The van der Waals surface area contributed by atoms with E-state index in [0.29, 0.717) is 12.8 Å². The van der Waals surface area contributed by atoms with Crippen molar-refractivity contribution in [3.05, 3.63) is 83.6 Å². The minimum absolute atomic E-state index is 0.226. The fourth-order valence-corrected chi connectivity index (χ4v) is 4.49. The molecule has 1 saturated heterocycles. The highest BCUT2D eigenvalue weighted by Crippen LogP contribution is 2.17. The summed E-state index contributed by atoms with van der Waals surface area (Å²) in [5.74, 6) is 0.226. The minimum atomic E-state index is 0.226. The second-order valence-corrected chi connectivity index (χ2v) is 8.86. The van der Waals surface area contributed by atoms with Crippen LogP contribution in [-0.4, -0.2) is 61.1 Å². The monoisotopic (exact) mass is 442 g/mol. The number of imidazole rings is 1. The molecule has 0 atom stereocenters. The Morgan fingerprint density at radius 2 is 1.82 bits per heavy atom. The van der Waals surface area contributed by atoms with E-state index in [2.05, 4.69) is 46.6 Å². The van der Waals surface area contributed by atoms with E-state index in [0.717, 1.165) is 55.3 Å². The maximum Gasteiger partial charge on any atom is 0.222 e. The van der Waals surface area contributed by atoms with E-state index in [4.69, 9.17) is 4.98 Å². The van der Waals surface area contributed by atoms with Gasteiger partial charge in [-0.1, -0.05) is 18.2 Å². The summed E-state index contributed by atoms with van der Waals surface area (Å²) in [7, 11) is 0. The second kappa shape index (κ2) is 9.19. The van der Waals surface area contributed by atoms with Crippen LogP contribution in [0.25, 0.3) is 11.3 Å². The van der Waals surface area contributed by atoms with Crippen molar-refractivity contribution in [3.63, 3.8) is 0 Å². The number of piperazine rings is 1. The van der Waals surface area contributed by atoms with Gasteiger partial charge in [-0.3, -0.25) is 9.69 Å². The van der Waals surface area contributed by atoms with E-state index in [-0.39, 0.29) is 5.91 Å². The summed E-state index contributed by atoms with van der Waals surface area (Å²) in [6.45, 7) is 8.35. The molecular formula is C26H30N6O. The van der Waals surface area contributed by atoms with E-state index in [1.54, 1.807) is 0 Å². The van der Waals surface area contributed by atoms with Gasteiger partial charge in [0, 0.05) is 51.5 Å². The summed E-state index contributed by atoms with van der Waals surface area (Å²) in [6, 6.07) is 14.3. The highest BCUT2D eigenvalue weighted by molar-refractivity contribution is 5.76. The Balaban J connectivity index is 1.13. The molecule has 7 heteroatoms. The highest BCUT2D eigenvalue weighted by Gasteiger charge is 2.22. The summed E-state index contributed by atoms with van der Waals surface area (Å²) in [4.78, 5) is 21.9. The van der Waals surface area contributed by atoms with Crippen molar-refractivity contribution in [2.45, 2.75) is 33.2 Å². The molecule has 4 aromatic rings. The van der Waals surface area contributed by atoms with Gasteiger partial charge in [0.25, 0.3) is 0 Å². The first kappa shape index (κ1) is 21.4. The smallest absolute Gasteiger partial charge is 0.222 e. The third-order valence-corrected chi connectivity index (χ3v) is 6.46. The number of aromatic nitrogens is 4. The van der Waals surface area contributed by atoms with E-state index in [1.807, 2.05) is 52.3 Å². The van der Waals surface area contributed by atoms with Crippen LogP contribution in [0.5, 0.6) is 0 Å². The lowest BCUT2D eigenvalue weighted by Crippen LogP contribution is -2.48. The van der Waals surface area contributed by atoms with Crippen LogP contribution in [0.3, 0.4) is 0 Å². The molecular weight excluding hydrogens is 412 g/mol. The van der Waals surface area contributed by atoms with Crippen LogP contribution in [-0.2, 0) is 17.8 Å². The number of rotatable bonds is 6. The van der Waals surface area contributed by atoms with Crippen molar-refractivity contribution >= 4 is 11.6 Å². The van der Waals surface area contributed by atoms with Crippen LogP contribution in [0.15, 0.2) is 61.1 Å². The van der Waals surface area contributed by atoms with Crippen molar-refractivity contribution in [2.24, 2.45) is 0 Å². The summed E-state index contributed by atoms with van der Waals surface area (Å²) < 4.78 is 4.05. The van der Waals surface area contributed by atoms with Gasteiger partial charge in [0.15, 0.2) is 0 Å². The number of nitrogens with zero attached hydrogens (tertiary/aromatic N) is 6. The number of fused-ring (bicyclic) bond motifs is 1. The average molecular weight is 443 g/mol. The Labute approximate surface area is 194 Å². The normalized spacial score (nSPS) is 14.8. The molecule has 33 heavy (non-hydrogen) atoms. The maximum atomic E-state index is 12.8. The summed E-state index contributed by atoms with van der Waals surface area (Å²) in [5.41, 5.74) is 6.66. The first-order valence-electron chi connectivity index (χ1n) is 11.6. The van der Waals surface area contributed by atoms with Gasteiger partial charge in [0.2, 0.25) is 5.91 Å². The Bertz CT molecular complexity index is 1250. The molecule has 1 fully saturated rings. The van der Waals surface area contributed by atoms with Crippen LogP contribution >= 0.6 is 0 Å². The van der Waals surface area contributed by atoms with Crippen LogP contribution in [0.1, 0.15) is 28.9 Å². The largest absolute Gasteiger partial charge is 0.340 e. The SMILES string of the molecule is Cc1ccn2c(CN3CCN(C(=O)CCc4cnn(-c5ccccc5)c4)CC3)c(C)nc2c1. The molecule has 3 aromatic heterocycles. The van der Waals surface area contributed by atoms with E-state index < -0.39 is 0 Å². The van der Waals surface area contributed by atoms with Crippen molar-refractivity contribution in [2.75, 3.05) is 26.2 Å². The summed E-state index contributed by atoms with van der Waals surface area (Å²) >= 11 is 0. The van der Waals surface area contributed by atoms with Crippen molar-refractivity contribution in [1.29, 1.82) is 0 Å². The average Bonchev–Trinajstić information content (AvgIpc) is 3.43. The quantitative estimate of drug-likeness (QED) is 0.459. The number of hydrogen-bond acceptors (Lipinski definition) is 4. The molecule has 0 spiro atoms. The van der Waals surface area contributed by atoms with Crippen molar-refractivity contribution in [1.82, 2.24) is 29.0 Å². The van der Waals surface area contributed by atoms with Gasteiger partial charge in [-0.2, -0.15) is 5.10 Å². The first-order valence-corrected chi connectivity index (χ1v) is 11.6. The van der Waals surface area contributed by atoms with Crippen molar-refractivity contribution < 1.29 is 4.79 Å². The molecule has 0 saturated carbocycles. The Hall–Kier alpha value is -3.45. The van der Waals surface area contributed by atoms with Gasteiger partial charge in [-0.15, -0.1) is 0 Å². The van der Waals surface area contributed by atoms with Gasteiger partial charge in [0.1, 0.15) is 5.65 Å².